The van der Waals surface area contributed by atoms with Crippen LogP contribution in [0.3, 0.4) is 0 Å². The zero-order chi connectivity index (χ0) is 14.8. The lowest BCUT2D eigenvalue weighted by molar-refractivity contribution is -0.00475. The van der Waals surface area contributed by atoms with Gasteiger partial charge in [0.2, 0.25) is 10.0 Å². The molecule has 1 aliphatic carbocycles. The third kappa shape index (κ3) is 3.54. The molecule has 1 fully saturated rings. The molecule has 3 N–H and O–H groups in total. The minimum absolute atomic E-state index is 0.0648. The minimum Gasteiger partial charge on any atom is -0.389 e. The molecule has 1 aromatic rings. The highest BCUT2D eigenvalue weighted by Gasteiger charge is 2.33. The van der Waals surface area contributed by atoms with Crippen molar-refractivity contribution >= 4 is 27.2 Å². The molecule has 7 heteroatoms. The molecule has 0 aliphatic heterocycles. The Morgan fingerprint density at radius 2 is 2.20 bits per heavy atom. The van der Waals surface area contributed by atoms with Crippen LogP contribution in [0, 0.1) is 0 Å². The summed E-state index contributed by atoms with van der Waals surface area (Å²) in [5.41, 5.74) is 6.06. The van der Waals surface area contributed by atoms with E-state index in [1.54, 1.807) is 12.1 Å². The molecule has 0 bridgehead atoms. The molecule has 0 atom stereocenters. The third-order valence-corrected chi connectivity index (χ3v) is 5.00. The van der Waals surface area contributed by atoms with Crippen LogP contribution in [0.15, 0.2) is 29.2 Å². The van der Waals surface area contributed by atoms with Crippen molar-refractivity contribution in [3.8, 4) is 0 Å². The molecule has 1 aromatic carbocycles. The number of rotatable bonds is 6. The van der Waals surface area contributed by atoms with Gasteiger partial charge in [-0.3, -0.25) is 0 Å². The molecule has 0 radical (unpaired) electrons. The quantitative estimate of drug-likeness (QED) is 0.770. The van der Waals surface area contributed by atoms with E-state index in [0.717, 1.165) is 0 Å². The predicted molar refractivity (Wildman–Crippen MR) is 81.1 cm³/mol. The van der Waals surface area contributed by atoms with Gasteiger partial charge in [-0.25, -0.2) is 13.1 Å². The molecule has 0 amide bonds. The lowest BCUT2D eigenvalue weighted by atomic mass is 9.90. The first-order valence-electron chi connectivity index (χ1n) is 6.46. The highest BCUT2D eigenvalue weighted by atomic mass is 32.2. The van der Waals surface area contributed by atoms with E-state index >= 15 is 0 Å². The monoisotopic (exact) mass is 314 g/mol. The first-order valence-corrected chi connectivity index (χ1v) is 8.35. The Balaban J connectivity index is 2.04. The van der Waals surface area contributed by atoms with Crippen molar-refractivity contribution in [2.75, 3.05) is 6.61 Å². The van der Waals surface area contributed by atoms with Crippen LogP contribution in [0.25, 0.3) is 0 Å². The van der Waals surface area contributed by atoms with Gasteiger partial charge < -0.3 is 10.5 Å². The summed E-state index contributed by atoms with van der Waals surface area (Å²) in [6, 6.07) is 6.28. The van der Waals surface area contributed by atoms with Gasteiger partial charge in [0.1, 0.15) is 4.99 Å². The molecule has 0 spiro atoms. The van der Waals surface area contributed by atoms with E-state index in [1.807, 2.05) is 6.92 Å². The largest absolute Gasteiger partial charge is 0.389 e. The number of sulfonamides is 1. The summed E-state index contributed by atoms with van der Waals surface area (Å²) >= 11 is 4.86. The van der Waals surface area contributed by atoms with Crippen LogP contribution in [0.1, 0.15) is 25.3 Å². The molecule has 0 saturated heterocycles. The summed E-state index contributed by atoms with van der Waals surface area (Å²) in [6.45, 7) is 2.58. The highest BCUT2D eigenvalue weighted by Crippen LogP contribution is 2.25. The van der Waals surface area contributed by atoms with E-state index in [9.17, 15) is 8.42 Å². The molecule has 5 nitrogen and oxygen atoms in total. The number of thiocarbonyl (C=S) groups is 1. The molecular weight excluding hydrogens is 296 g/mol. The summed E-state index contributed by atoms with van der Waals surface area (Å²) < 4.78 is 32.6. The lowest BCUT2D eigenvalue weighted by Gasteiger charge is -2.35. The van der Waals surface area contributed by atoms with Gasteiger partial charge in [-0.2, -0.15) is 0 Å². The number of ether oxygens (including phenoxy) is 1. The number of benzene rings is 1. The Morgan fingerprint density at radius 1 is 1.50 bits per heavy atom. The highest BCUT2D eigenvalue weighted by molar-refractivity contribution is 7.89. The maximum atomic E-state index is 12.2. The van der Waals surface area contributed by atoms with Gasteiger partial charge >= 0.3 is 0 Å². The molecule has 0 aromatic heterocycles. The van der Waals surface area contributed by atoms with Gasteiger partial charge in [-0.05, 0) is 31.9 Å². The summed E-state index contributed by atoms with van der Waals surface area (Å²) in [7, 11) is -3.54. The Morgan fingerprint density at radius 3 is 2.80 bits per heavy atom. The molecule has 1 aliphatic rings. The van der Waals surface area contributed by atoms with E-state index in [0.29, 0.717) is 25.0 Å². The summed E-state index contributed by atoms with van der Waals surface area (Å²) in [5, 5.41) is 0. The number of hydrogen-bond acceptors (Lipinski definition) is 4. The minimum atomic E-state index is -3.54. The number of nitrogens with one attached hydrogen (secondary N) is 1. The predicted octanol–water partition coefficient (Wildman–Crippen LogP) is 1.17. The van der Waals surface area contributed by atoms with Crippen LogP contribution in [-0.4, -0.2) is 32.2 Å². The zero-order valence-corrected chi connectivity index (χ0v) is 12.8. The number of hydrogen-bond donors (Lipinski definition) is 2. The van der Waals surface area contributed by atoms with Crippen molar-refractivity contribution in [1.29, 1.82) is 0 Å². The maximum Gasteiger partial charge on any atom is 0.240 e. The van der Waals surface area contributed by atoms with Crippen molar-refractivity contribution in [2.45, 2.75) is 36.8 Å². The fraction of sp³-hybridized carbons (Fsp3) is 0.462. The molecular formula is C13H18N2O3S2. The zero-order valence-electron chi connectivity index (χ0n) is 11.2. The molecule has 0 heterocycles. The second-order valence-electron chi connectivity index (χ2n) is 4.76. The molecule has 20 heavy (non-hydrogen) atoms. The summed E-state index contributed by atoms with van der Waals surface area (Å²) in [6.07, 6.45) is 1.58. The van der Waals surface area contributed by atoms with E-state index in [2.05, 4.69) is 4.72 Å². The van der Waals surface area contributed by atoms with Crippen LogP contribution < -0.4 is 10.5 Å². The van der Waals surface area contributed by atoms with Crippen molar-refractivity contribution in [3.05, 3.63) is 29.8 Å². The molecule has 1 saturated carbocycles. The Bertz CT molecular complexity index is 595. The first kappa shape index (κ1) is 15.4. The van der Waals surface area contributed by atoms with Gasteiger partial charge in [-0.15, -0.1) is 0 Å². The van der Waals surface area contributed by atoms with Crippen molar-refractivity contribution in [3.63, 3.8) is 0 Å². The maximum absolute atomic E-state index is 12.2. The van der Waals surface area contributed by atoms with Gasteiger partial charge in [0.25, 0.3) is 0 Å². The van der Waals surface area contributed by atoms with E-state index in [4.69, 9.17) is 22.7 Å². The van der Waals surface area contributed by atoms with Gasteiger partial charge in [0.15, 0.2) is 0 Å². The SMILES string of the molecule is CCOC1CC(NS(=O)(=O)c2cccc(C(N)=S)c2)C1. The summed E-state index contributed by atoms with van der Waals surface area (Å²) in [5.74, 6) is 0. The standard InChI is InChI=1S/C13H18N2O3S2/c1-2-18-11-7-10(8-11)15-20(16,17)12-5-3-4-9(6-12)13(14)19/h3-6,10-11,15H,2,7-8H2,1H3,(H2,14,19). The smallest absolute Gasteiger partial charge is 0.240 e. The molecule has 110 valence electrons. The third-order valence-electron chi connectivity index (χ3n) is 3.25. The van der Waals surface area contributed by atoms with E-state index in [-0.39, 0.29) is 22.0 Å². The topological polar surface area (TPSA) is 81.4 Å². The van der Waals surface area contributed by atoms with Crippen LogP contribution in [0.4, 0.5) is 0 Å². The lowest BCUT2D eigenvalue weighted by Crippen LogP contribution is -2.47. The van der Waals surface area contributed by atoms with Crippen LogP contribution >= 0.6 is 12.2 Å². The van der Waals surface area contributed by atoms with Crippen molar-refractivity contribution < 1.29 is 13.2 Å². The Hall–Kier alpha value is -1.02. The second-order valence-corrected chi connectivity index (χ2v) is 6.91. The average molecular weight is 314 g/mol. The second kappa shape index (κ2) is 6.17. The van der Waals surface area contributed by atoms with E-state index in [1.165, 1.54) is 12.1 Å². The van der Waals surface area contributed by atoms with Crippen LogP contribution in [0.5, 0.6) is 0 Å². The number of nitrogens with two attached hydrogens (primary N) is 1. The fourth-order valence-corrected chi connectivity index (χ4v) is 3.57. The van der Waals surface area contributed by atoms with Crippen molar-refractivity contribution in [1.82, 2.24) is 4.72 Å². The van der Waals surface area contributed by atoms with Gasteiger partial charge in [0, 0.05) is 18.2 Å². The normalized spacial score (nSPS) is 22.2. The van der Waals surface area contributed by atoms with E-state index < -0.39 is 10.0 Å². The Kier molecular flexibility index (Phi) is 4.74. The van der Waals surface area contributed by atoms with Gasteiger partial charge in [0.05, 0.1) is 11.0 Å². The first-order chi connectivity index (χ1) is 9.42. The van der Waals surface area contributed by atoms with Crippen molar-refractivity contribution in [2.24, 2.45) is 5.73 Å². The van der Waals surface area contributed by atoms with Crippen LogP contribution in [-0.2, 0) is 14.8 Å². The summed E-state index contributed by atoms with van der Waals surface area (Å²) in [4.78, 5) is 0.366. The Labute approximate surface area is 124 Å². The fourth-order valence-electron chi connectivity index (χ4n) is 2.14. The van der Waals surface area contributed by atoms with Gasteiger partial charge in [-0.1, -0.05) is 24.4 Å². The molecule has 0 unspecified atom stereocenters. The molecule has 2 rings (SSSR count). The van der Waals surface area contributed by atoms with Crippen LogP contribution in [0.2, 0.25) is 0 Å². The average Bonchev–Trinajstić information content (AvgIpc) is 2.36.